The predicted octanol–water partition coefficient (Wildman–Crippen LogP) is 2.26. The Morgan fingerprint density at radius 1 is 1.13 bits per heavy atom. The van der Waals surface area contributed by atoms with E-state index in [0.29, 0.717) is 12.0 Å². The summed E-state index contributed by atoms with van der Waals surface area (Å²) >= 11 is 1.55. The third kappa shape index (κ3) is 3.37. The van der Waals surface area contributed by atoms with Crippen molar-refractivity contribution in [3.63, 3.8) is 0 Å². The zero-order chi connectivity index (χ0) is 15.5. The lowest BCUT2D eigenvalue weighted by Gasteiger charge is -2.20. The fraction of sp³-hybridized carbons (Fsp3) is 0.733. The van der Waals surface area contributed by atoms with Gasteiger partial charge in [-0.2, -0.15) is 4.37 Å². The first-order chi connectivity index (χ1) is 11.4. The average Bonchev–Trinajstić information content (AvgIpc) is 3.24. The normalized spacial score (nSPS) is 23.8. The molecule has 4 rings (SSSR count). The summed E-state index contributed by atoms with van der Waals surface area (Å²) < 4.78 is 12.0. The Morgan fingerprint density at radius 3 is 2.87 bits per heavy atom. The Labute approximate surface area is 139 Å². The van der Waals surface area contributed by atoms with Crippen molar-refractivity contribution in [2.75, 3.05) is 31.2 Å². The van der Waals surface area contributed by atoms with Gasteiger partial charge in [-0.15, -0.1) is 5.10 Å². The Hall–Kier alpha value is -1.54. The largest absolute Gasteiger partial charge is 0.381 e. The van der Waals surface area contributed by atoms with E-state index in [4.69, 9.17) is 9.72 Å². The van der Waals surface area contributed by atoms with E-state index >= 15 is 0 Å². The Balaban J connectivity index is 1.41. The molecule has 8 heteroatoms. The molecule has 1 unspecified atom stereocenters. The van der Waals surface area contributed by atoms with E-state index in [1.807, 2.05) is 10.9 Å². The summed E-state index contributed by atoms with van der Waals surface area (Å²) in [7, 11) is 0. The van der Waals surface area contributed by atoms with E-state index in [-0.39, 0.29) is 0 Å². The van der Waals surface area contributed by atoms with Crippen LogP contribution >= 0.6 is 11.5 Å². The van der Waals surface area contributed by atoms with Crippen LogP contribution in [0.25, 0.3) is 0 Å². The maximum absolute atomic E-state index is 5.43. The first kappa shape index (κ1) is 15.0. The van der Waals surface area contributed by atoms with Gasteiger partial charge in [0.25, 0.3) is 0 Å². The van der Waals surface area contributed by atoms with Gasteiger partial charge in [0.2, 0.25) is 5.13 Å². The fourth-order valence-electron chi connectivity index (χ4n) is 3.42. The van der Waals surface area contributed by atoms with Crippen molar-refractivity contribution >= 4 is 16.7 Å². The number of rotatable bonds is 3. The molecule has 124 valence electrons. The van der Waals surface area contributed by atoms with Crippen molar-refractivity contribution < 1.29 is 4.74 Å². The molecule has 0 spiro atoms. The van der Waals surface area contributed by atoms with Gasteiger partial charge in [0.05, 0.1) is 12.2 Å². The first-order valence-electron chi connectivity index (χ1n) is 8.42. The van der Waals surface area contributed by atoms with Crippen LogP contribution in [0.5, 0.6) is 0 Å². The van der Waals surface area contributed by atoms with E-state index in [2.05, 4.69) is 19.6 Å². The van der Waals surface area contributed by atoms with Crippen molar-refractivity contribution in [2.45, 2.75) is 44.1 Å². The van der Waals surface area contributed by atoms with Crippen LogP contribution in [0.2, 0.25) is 0 Å². The molecule has 2 fully saturated rings. The molecule has 2 aromatic heterocycles. The maximum atomic E-state index is 5.43. The molecule has 2 aliphatic rings. The van der Waals surface area contributed by atoms with Crippen LogP contribution in [-0.4, -0.2) is 50.7 Å². The maximum Gasteiger partial charge on any atom is 0.205 e. The van der Waals surface area contributed by atoms with Crippen LogP contribution in [0.1, 0.15) is 49.9 Å². The zero-order valence-electron chi connectivity index (χ0n) is 13.2. The lowest BCUT2D eigenvalue weighted by molar-refractivity contribution is 0.0838. The molecule has 0 radical (unpaired) electrons. The van der Waals surface area contributed by atoms with Crippen molar-refractivity contribution in [3.8, 4) is 0 Å². The van der Waals surface area contributed by atoms with Crippen LogP contribution in [0.3, 0.4) is 0 Å². The molecule has 0 bridgehead atoms. The number of anilines is 1. The molecule has 23 heavy (non-hydrogen) atoms. The summed E-state index contributed by atoms with van der Waals surface area (Å²) in [6.07, 6.45) is 9.19. The number of hydrogen-bond acceptors (Lipinski definition) is 7. The standard InChI is InChI=1S/C15H22N6OS/c1-2-13(21-9-6-16-19-21)3-8-20(7-1)15-17-14(18-23-15)12-4-10-22-11-5-12/h6,9,12-13H,1-5,7-8,10-11H2. The van der Waals surface area contributed by atoms with Gasteiger partial charge in [0.1, 0.15) is 5.82 Å². The number of hydrogen-bond donors (Lipinski definition) is 0. The molecule has 1 atom stereocenters. The Bertz CT molecular complexity index is 609. The minimum absolute atomic E-state index is 0.449. The third-order valence-corrected chi connectivity index (χ3v) is 5.59. The van der Waals surface area contributed by atoms with Gasteiger partial charge in [-0.05, 0) is 32.1 Å². The van der Waals surface area contributed by atoms with Crippen molar-refractivity contribution in [2.24, 2.45) is 0 Å². The van der Waals surface area contributed by atoms with Crippen molar-refractivity contribution in [1.29, 1.82) is 0 Å². The van der Waals surface area contributed by atoms with Crippen LogP contribution in [-0.2, 0) is 4.74 Å². The zero-order valence-corrected chi connectivity index (χ0v) is 14.0. The molecular weight excluding hydrogens is 312 g/mol. The highest BCUT2D eigenvalue weighted by Crippen LogP contribution is 2.30. The van der Waals surface area contributed by atoms with Crippen LogP contribution in [0.4, 0.5) is 5.13 Å². The molecule has 0 saturated carbocycles. The molecule has 2 aliphatic heterocycles. The minimum atomic E-state index is 0.449. The average molecular weight is 334 g/mol. The highest BCUT2D eigenvalue weighted by Gasteiger charge is 2.24. The van der Waals surface area contributed by atoms with Gasteiger partial charge < -0.3 is 9.64 Å². The summed E-state index contributed by atoms with van der Waals surface area (Å²) in [5, 5.41) is 9.16. The molecule has 0 aromatic carbocycles. The van der Waals surface area contributed by atoms with E-state index < -0.39 is 0 Å². The van der Waals surface area contributed by atoms with E-state index in [1.54, 1.807) is 17.7 Å². The lowest BCUT2D eigenvalue weighted by Crippen LogP contribution is -2.24. The smallest absolute Gasteiger partial charge is 0.205 e. The van der Waals surface area contributed by atoms with Gasteiger partial charge in [0, 0.05) is 50.0 Å². The number of aromatic nitrogens is 5. The van der Waals surface area contributed by atoms with Crippen LogP contribution < -0.4 is 4.90 Å². The van der Waals surface area contributed by atoms with E-state index in [9.17, 15) is 0 Å². The summed E-state index contributed by atoms with van der Waals surface area (Å²) in [5.74, 6) is 1.49. The molecule has 0 amide bonds. The Kier molecular flexibility index (Phi) is 4.52. The van der Waals surface area contributed by atoms with E-state index in [0.717, 1.165) is 69.4 Å². The SMILES string of the molecule is c1cn(C2CCCN(c3nc(C4CCOCC4)ns3)CC2)nn1. The minimum Gasteiger partial charge on any atom is -0.381 e. The van der Waals surface area contributed by atoms with Gasteiger partial charge in [-0.1, -0.05) is 5.21 Å². The molecule has 7 nitrogen and oxygen atoms in total. The fourth-order valence-corrected chi connectivity index (χ4v) is 4.22. The number of nitrogens with zero attached hydrogens (tertiary/aromatic N) is 6. The van der Waals surface area contributed by atoms with Gasteiger partial charge in [-0.25, -0.2) is 9.67 Å². The second-order valence-electron chi connectivity index (χ2n) is 6.28. The Morgan fingerprint density at radius 2 is 2.04 bits per heavy atom. The quantitative estimate of drug-likeness (QED) is 0.857. The summed E-state index contributed by atoms with van der Waals surface area (Å²) in [6.45, 7) is 3.73. The molecule has 0 aliphatic carbocycles. The molecule has 2 aromatic rings. The number of ether oxygens (including phenoxy) is 1. The molecular formula is C15H22N6OS. The molecule has 2 saturated heterocycles. The predicted molar refractivity (Wildman–Crippen MR) is 87.8 cm³/mol. The van der Waals surface area contributed by atoms with E-state index in [1.165, 1.54) is 0 Å². The van der Waals surface area contributed by atoms with Crippen molar-refractivity contribution in [3.05, 3.63) is 18.2 Å². The first-order valence-corrected chi connectivity index (χ1v) is 9.19. The second-order valence-corrected chi connectivity index (χ2v) is 7.01. The molecule has 0 N–H and O–H groups in total. The second kappa shape index (κ2) is 6.92. The van der Waals surface area contributed by atoms with Crippen molar-refractivity contribution in [1.82, 2.24) is 24.4 Å². The topological polar surface area (TPSA) is 69.0 Å². The highest BCUT2D eigenvalue weighted by molar-refractivity contribution is 7.09. The monoisotopic (exact) mass is 334 g/mol. The van der Waals surface area contributed by atoms with Gasteiger partial charge >= 0.3 is 0 Å². The summed E-state index contributed by atoms with van der Waals surface area (Å²) in [4.78, 5) is 7.22. The van der Waals surface area contributed by atoms with Gasteiger partial charge in [0.15, 0.2) is 0 Å². The van der Waals surface area contributed by atoms with Crippen LogP contribution in [0.15, 0.2) is 12.4 Å². The third-order valence-electron chi connectivity index (χ3n) is 4.80. The molecule has 4 heterocycles. The summed E-state index contributed by atoms with van der Waals surface area (Å²) in [6, 6.07) is 0.449. The lowest BCUT2D eigenvalue weighted by atomic mass is 10.00. The van der Waals surface area contributed by atoms with Gasteiger partial charge in [-0.3, -0.25) is 0 Å². The summed E-state index contributed by atoms with van der Waals surface area (Å²) in [5.41, 5.74) is 0. The highest BCUT2D eigenvalue weighted by atomic mass is 32.1. The van der Waals surface area contributed by atoms with Crippen LogP contribution in [0, 0.1) is 0 Å².